The Labute approximate surface area is 397 Å². The number of benzene rings is 3. The van der Waals surface area contributed by atoms with Crippen LogP contribution in [0.2, 0.25) is 0 Å². The largest absolute Gasteiger partial charge is 0.456 e. The number of aliphatic hydroxyl groups excluding tert-OH is 4. The van der Waals surface area contributed by atoms with E-state index in [1.807, 2.05) is 0 Å². The SMILES string of the molecule is COC(O)[C@@H](OCC(O)O)O[C@H]1C[C@H]2OC[C@@]2(OC(C)=O)C2C(OC(=O)c3ccccc3)[C@]3(O)C[C@H](OC(=O)[C@H](O)[C@@H](NC(=O)c4ccccc4)c4ccccc4)C(C)=C([C@@H](O)C(=O)[C@@]21C)C3(C)C. The molecule has 3 unspecified atom stereocenters. The summed E-state index contributed by atoms with van der Waals surface area (Å²) in [7, 11) is 1.11. The molecule has 69 heavy (non-hydrogen) atoms. The molecule has 3 aromatic rings. The lowest BCUT2D eigenvalue weighted by molar-refractivity contribution is -0.368. The Balaban J connectivity index is 1.39. The summed E-state index contributed by atoms with van der Waals surface area (Å²) in [4.78, 5) is 71.3. The molecule has 1 aliphatic heterocycles. The van der Waals surface area contributed by atoms with E-state index in [0.717, 1.165) is 14.0 Å². The van der Waals surface area contributed by atoms with Crippen LogP contribution < -0.4 is 5.32 Å². The number of ketones is 1. The molecule has 13 atom stereocenters. The van der Waals surface area contributed by atoms with E-state index in [-0.39, 0.29) is 28.7 Å². The Morgan fingerprint density at radius 3 is 2.01 bits per heavy atom. The smallest absolute Gasteiger partial charge is 0.338 e. The van der Waals surface area contributed by atoms with Gasteiger partial charge in [-0.15, -0.1) is 0 Å². The monoisotopic (exact) mass is 961 g/mol. The Morgan fingerprint density at radius 2 is 1.46 bits per heavy atom. The third-order valence-electron chi connectivity index (χ3n) is 14.4. The average Bonchev–Trinajstić information content (AvgIpc) is 3.32. The number of hydrogen-bond acceptors (Lipinski definition) is 18. The number of nitrogens with one attached hydrogen (secondary N) is 1. The van der Waals surface area contributed by atoms with Crippen molar-refractivity contribution in [3.05, 3.63) is 119 Å². The summed E-state index contributed by atoms with van der Waals surface area (Å²) in [6.45, 7) is 5.77. The molecule has 2 saturated carbocycles. The molecule has 0 radical (unpaired) electrons. The Kier molecular flexibility index (Phi) is 15.0. The molecule has 3 fully saturated rings. The van der Waals surface area contributed by atoms with Crippen LogP contribution in [0.4, 0.5) is 0 Å². The lowest BCUT2D eigenvalue weighted by Crippen LogP contribution is -2.82. The number of methoxy groups -OCH3 is 1. The Bertz CT molecular complexity index is 2400. The minimum absolute atomic E-state index is 0.0122. The van der Waals surface area contributed by atoms with Gasteiger partial charge in [0.05, 0.1) is 35.6 Å². The van der Waals surface area contributed by atoms with Gasteiger partial charge in [-0.1, -0.05) is 80.6 Å². The molecule has 7 rings (SSSR count). The number of rotatable bonds is 16. The van der Waals surface area contributed by atoms with E-state index in [2.05, 4.69) is 5.32 Å². The number of ether oxygens (including phenoxy) is 7. The van der Waals surface area contributed by atoms with Crippen LogP contribution in [0.25, 0.3) is 0 Å². The van der Waals surface area contributed by atoms with Crippen LogP contribution in [0.5, 0.6) is 0 Å². The van der Waals surface area contributed by atoms with Crippen LogP contribution in [-0.2, 0) is 47.5 Å². The molecular formula is C50H59NO18. The van der Waals surface area contributed by atoms with Crippen molar-refractivity contribution in [2.24, 2.45) is 16.7 Å². The van der Waals surface area contributed by atoms with Crippen molar-refractivity contribution < 1.29 is 87.8 Å². The van der Waals surface area contributed by atoms with E-state index in [0.29, 0.717) is 5.56 Å². The zero-order valence-electron chi connectivity index (χ0n) is 38.9. The predicted molar refractivity (Wildman–Crippen MR) is 238 cm³/mol. The van der Waals surface area contributed by atoms with Crippen molar-refractivity contribution in [1.29, 1.82) is 0 Å². The topological polar surface area (TPSA) is 283 Å². The normalized spacial score (nSPS) is 31.0. The average molecular weight is 962 g/mol. The van der Waals surface area contributed by atoms with Gasteiger partial charge in [-0.05, 0) is 54.8 Å². The predicted octanol–water partition coefficient (Wildman–Crippen LogP) is 1.81. The molecular weight excluding hydrogens is 903 g/mol. The fraction of sp³-hybridized carbons (Fsp3) is 0.500. The van der Waals surface area contributed by atoms with Crippen molar-refractivity contribution in [2.45, 2.75) is 120 Å². The van der Waals surface area contributed by atoms with E-state index in [1.165, 1.54) is 39.8 Å². The summed E-state index contributed by atoms with van der Waals surface area (Å²) in [6.07, 6.45) is -17.1. The van der Waals surface area contributed by atoms with Gasteiger partial charge in [0.25, 0.3) is 5.91 Å². The fourth-order valence-electron chi connectivity index (χ4n) is 10.8. The van der Waals surface area contributed by atoms with Crippen molar-refractivity contribution >= 4 is 29.6 Å². The van der Waals surface area contributed by atoms with E-state index >= 15 is 4.79 Å². The number of esters is 3. The molecule has 3 aliphatic carbocycles. The van der Waals surface area contributed by atoms with Gasteiger partial charge in [0, 0.05) is 37.9 Å². The van der Waals surface area contributed by atoms with Crippen LogP contribution in [-0.4, -0.2) is 147 Å². The minimum atomic E-state index is -2.49. The van der Waals surface area contributed by atoms with Gasteiger partial charge in [-0.25, -0.2) is 9.59 Å². The van der Waals surface area contributed by atoms with Gasteiger partial charge in [-0.2, -0.15) is 0 Å². The summed E-state index contributed by atoms with van der Waals surface area (Å²) < 4.78 is 41.6. The first-order valence-corrected chi connectivity index (χ1v) is 22.5. The van der Waals surface area contributed by atoms with Gasteiger partial charge < -0.3 is 69.1 Å². The molecule has 3 aromatic carbocycles. The van der Waals surface area contributed by atoms with Crippen LogP contribution in [0.15, 0.2) is 102 Å². The minimum Gasteiger partial charge on any atom is -0.456 e. The maximum Gasteiger partial charge on any atom is 0.338 e. The number of carbonyl (C=O) groups excluding carboxylic acids is 5. The van der Waals surface area contributed by atoms with Gasteiger partial charge >= 0.3 is 17.9 Å². The van der Waals surface area contributed by atoms with Crippen LogP contribution >= 0.6 is 0 Å². The van der Waals surface area contributed by atoms with Crippen LogP contribution in [0.3, 0.4) is 0 Å². The van der Waals surface area contributed by atoms with Crippen molar-refractivity contribution in [3.63, 3.8) is 0 Å². The molecule has 1 saturated heterocycles. The molecule has 372 valence electrons. The quantitative estimate of drug-likeness (QED) is 0.0466. The first kappa shape index (κ1) is 51.4. The zero-order chi connectivity index (χ0) is 50.2. The van der Waals surface area contributed by atoms with Crippen molar-refractivity contribution in [3.8, 4) is 0 Å². The number of aliphatic hydroxyl groups is 6. The number of amides is 1. The van der Waals surface area contributed by atoms with Crippen molar-refractivity contribution in [1.82, 2.24) is 5.32 Å². The Morgan fingerprint density at radius 1 is 0.870 bits per heavy atom. The highest BCUT2D eigenvalue weighted by Crippen LogP contribution is 2.64. The van der Waals surface area contributed by atoms with Gasteiger partial charge in [0.2, 0.25) is 12.6 Å². The summed E-state index contributed by atoms with van der Waals surface area (Å²) in [5.74, 6) is -6.43. The highest BCUT2D eigenvalue weighted by molar-refractivity contribution is 5.95. The lowest BCUT2D eigenvalue weighted by atomic mass is 9.44. The molecule has 19 nitrogen and oxygen atoms in total. The molecule has 1 heterocycles. The van der Waals surface area contributed by atoms with Crippen LogP contribution in [0.1, 0.15) is 79.8 Å². The summed E-state index contributed by atoms with van der Waals surface area (Å²) in [6, 6.07) is 22.6. The Hall–Kier alpha value is -5.45. The van der Waals surface area contributed by atoms with Gasteiger partial charge in [-0.3, -0.25) is 14.4 Å². The molecule has 0 spiro atoms. The lowest BCUT2D eigenvalue weighted by Gasteiger charge is -2.67. The molecule has 2 bridgehead atoms. The zero-order valence-corrected chi connectivity index (χ0v) is 38.9. The molecule has 19 heteroatoms. The second kappa shape index (κ2) is 20.1. The molecule has 7 N–H and O–H groups in total. The highest BCUT2D eigenvalue weighted by atomic mass is 16.7. The van der Waals surface area contributed by atoms with Gasteiger partial charge in [0.1, 0.15) is 36.6 Å². The van der Waals surface area contributed by atoms with Crippen molar-refractivity contribution in [2.75, 3.05) is 20.3 Å². The number of fused-ring (bicyclic) bond motifs is 5. The third kappa shape index (κ3) is 9.36. The first-order valence-electron chi connectivity index (χ1n) is 22.5. The fourth-order valence-corrected chi connectivity index (χ4v) is 10.8. The van der Waals surface area contributed by atoms with E-state index in [9.17, 15) is 49.8 Å². The maximum absolute atomic E-state index is 15.7. The van der Waals surface area contributed by atoms with Gasteiger partial charge in [0.15, 0.2) is 23.8 Å². The van der Waals surface area contributed by atoms with E-state index in [4.69, 9.17) is 33.2 Å². The highest BCUT2D eigenvalue weighted by Gasteiger charge is 2.78. The first-order chi connectivity index (χ1) is 32.6. The number of hydrogen-bond donors (Lipinski definition) is 7. The standard InChI is InChI=1S/C50H59NO18/c1-26-31(66-44(60)38(56)36(28-16-10-7-11-17-28)51-42(58)29-18-12-8-13-19-29)23-50(62)41(68-43(59)30-20-14-9-15-21-30)39-48(5,40(57)37(55)35(26)47(50,3)4)32(22-33-49(39,25-65-33)69-27(2)52)67-46(45(61)63-6)64-24-34(53)54/h7-21,31-34,36-39,41,45-46,53-56,61-62H,22-25H2,1-6H3,(H,51,58)/t31-,32-,33+,36-,37+,38+,39?,41?,45?,46-,48+,49-,50+/m0/s1. The molecule has 4 aliphatic rings. The second-order valence-corrected chi connectivity index (χ2v) is 18.7. The summed E-state index contributed by atoms with van der Waals surface area (Å²) in [5, 5.41) is 71.3. The number of carbonyl (C=O) groups is 5. The number of Topliss-reactive ketones (excluding diaryl/α,β-unsaturated/α-hetero) is 1. The van der Waals surface area contributed by atoms with E-state index < -0.39 is 139 Å². The van der Waals surface area contributed by atoms with E-state index in [1.54, 1.807) is 78.9 Å². The third-order valence-corrected chi connectivity index (χ3v) is 14.4. The second-order valence-electron chi connectivity index (χ2n) is 18.7. The summed E-state index contributed by atoms with van der Waals surface area (Å²) >= 11 is 0. The molecule has 1 amide bonds. The molecule has 0 aromatic heterocycles. The van der Waals surface area contributed by atoms with Crippen LogP contribution in [0, 0.1) is 16.7 Å². The summed E-state index contributed by atoms with van der Waals surface area (Å²) in [5.41, 5.74) is -7.81. The maximum atomic E-state index is 15.7.